The van der Waals surface area contributed by atoms with Crippen LogP contribution in [0.1, 0.15) is 16.8 Å². The van der Waals surface area contributed by atoms with Gasteiger partial charge in [0, 0.05) is 5.69 Å². The van der Waals surface area contributed by atoms with E-state index in [4.69, 9.17) is 0 Å². The molecule has 2 aromatic carbocycles. The van der Waals surface area contributed by atoms with Crippen LogP contribution in [0.2, 0.25) is 0 Å². The highest BCUT2D eigenvalue weighted by Gasteiger charge is 2.01. The second-order valence-corrected chi connectivity index (χ2v) is 5.02. The van der Waals surface area contributed by atoms with E-state index < -0.39 is 0 Å². The maximum atomic E-state index is 4.61. The Labute approximate surface area is 118 Å². The average Bonchev–Trinajstić information content (AvgIpc) is 2.46. The molecular formula is C17H17N3. The Hall–Kier alpha value is -2.42. The third kappa shape index (κ3) is 2.62. The number of hydrogen-bond donors (Lipinski definition) is 1. The van der Waals surface area contributed by atoms with E-state index in [0.717, 1.165) is 22.4 Å². The molecule has 0 unspecified atom stereocenters. The van der Waals surface area contributed by atoms with Gasteiger partial charge in [0.15, 0.2) is 0 Å². The lowest BCUT2D eigenvalue weighted by Gasteiger charge is -2.10. The summed E-state index contributed by atoms with van der Waals surface area (Å²) in [6, 6.07) is 14.3. The fourth-order valence-corrected chi connectivity index (χ4v) is 2.28. The molecule has 20 heavy (non-hydrogen) atoms. The molecule has 3 aromatic rings. The molecule has 0 saturated carbocycles. The Morgan fingerprint density at radius 3 is 2.60 bits per heavy atom. The van der Waals surface area contributed by atoms with Crippen LogP contribution in [0, 0.1) is 13.8 Å². The topological polar surface area (TPSA) is 37.8 Å². The SMILES string of the molecule is Cc1ccc(NCc2cnc3ccccc3n2)c(C)c1. The molecule has 0 aliphatic rings. The van der Waals surface area contributed by atoms with E-state index in [-0.39, 0.29) is 0 Å². The number of aromatic nitrogens is 2. The first-order valence-electron chi connectivity index (χ1n) is 6.74. The summed E-state index contributed by atoms with van der Waals surface area (Å²) in [7, 11) is 0. The van der Waals surface area contributed by atoms with Crippen molar-refractivity contribution in [2.45, 2.75) is 20.4 Å². The quantitative estimate of drug-likeness (QED) is 0.779. The maximum absolute atomic E-state index is 4.61. The van der Waals surface area contributed by atoms with Gasteiger partial charge < -0.3 is 5.32 Å². The van der Waals surface area contributed by atoms with Crippen molar-refractivity contribution in [3.05, 3.63) is 65.5 Å². The molecule has 0 radical (unpaired) electrons. The molecule has 0 fully saturated rings. The largest absolute Gasteiger partial charge is 0.379 e. The average molecular weight is 263 g/mol. The summed E-state index contributed by atoms with van der Waals surface area (Å²) in [4.78, 5) is 9.04. The third-order valence-electron chi connectivity index (χ3n) is 3.34. The van der Waals surface area contributed by atoms with Crippen molar-refractivity contribution >= 4 is 16.7 Å². The van der Waals surface area contributed by atoms with Gasteiger partial charge in [0.25, 0.3) is 0 Å². The van der Waals surface area contributed by atoms with Gasteiger partial charge in [-0.1, -0.05) is 29.8 Å². The van der Waals surface area contributed by atoms with Gasteiger partial charge in [0.1, 0.15) is 0 Å². The van der Waals surface area contributed by atoms with Gasteiger partial charge in [-0.05, 0) is 37.6 Å². The van der Waals surface area contributed by atoms with Crippen LogP contribution in [0.3, 0.4) is 0 Å². The molecule has 0 aliphatic heterocycles. The van der Waals surface area contributed by atoms with Crippen LogP contribution < -0.4 is 5.32 Å². The zero-order valence-electron chi connectivity index (χ0n) is 11.7. The molecule has 0 amide bonds. The minimum Gasteiger partial charge on any atom is -0.379 e. The summed E-state index contributed by atoms with van der Waals surface area (Å²) in [5, 5.41) is 3.42. The van der Waals surface area contributed by atoms with Gasteiger partial charge in [-0.2, -0.15) is 0 Å². The predicted molar refractivity (Wildman–Crippen MR) is 82.8 cm³/mol. The summed E-state index contributed by atoms with van der Waals surface area (Å²) >= 11 is 0. The van der Waals surface area contributed by atoms with E-state index in [0.29, 0.717) is 6.54 Å². The number of fused-ring (bicyclic) bond motifs is 1. The van der Waals surface area contributed by atoms with Crippen LogP contribution in [0.15, 0.2) is 48.7 Å². The molecule has 0 atom stereocenters. The molecule has 1 heterocycles. The summed E-state index contributed by atoms with van der Waals surface area (Å²) in [6.45, 7) is 4.90. The number of aryl methyl sites for hydroxylation is 2. The Kier molecular flexibility index (Phi) is 3.33. The normalized spacial score (nSPS) is 10.7. The third-order valence-corrected chi connectivity index (χ3v) is 3.34. The first-order valence-corrected chi connectivity index (χ1v) is 6.74. The van der Waals surface area contributed by atoms with Crippen molar-refractivity contribution in [1.29, 1.82) is 0 Å². The molecular weight excluding hydrogens is 246 g/mol. The minimum absolute atomic E-state index is 0.682. The molecule has 1 N–H and O–H groups in total. The smallest absolute Gasteiger partial charge is 0.0890 e. The van der Waals surface area contributed by atoms with Crippen LogP contribution >= 0.6 is 0 Å². The monoisotopic (exact) mass is 263 g/mol. The lowest BCUT2D eigenvalue weighted by atomic mass is 10.1. The Morgan fingerprint density at radius 1 is 1.00 bits per heavy atom. The predicted octanol–water partition coefficient (Wildman–Crippen LogP) is 3.86. The molecule has 0 aliphatic carbocycles. The van der Waals surface area contributed by atoms with Gasteiger partial charge in [0.2, 0.25) is 0 Å². The Bertz CT molecular complexity index is 750. The van der Waals surface area contributed by atoms with Gasteiger partial charge in [-0.25, -0.2) is 4.98 Å². The first kappa shape index (κ1) is 12.6. The zero-order valence-corrected chi connectivity index (χ0v) is 11.7. The highest BCUT2D eigenvalue weighted by molar-refractivity contribution is 5.73. The Balaban J connectivity index is 1.79. The van der Waals surface area contributed by atoms with Gasteiger partial charge in [-0.15, -0.1) is 0 Å². The van der Waals surface area contributed by atoms with Crippen LogP contribution in [-0.4, -0.2) is 9.97 Å². The maximum Gasteiger partial charge on any atom is 0.0890 e. The molecule has 100 valence electrons. The number of benzene rings is 2. The molecule has 3 heteroatoms. The zero-order chi connectivity index (χ0) is 13.9. The number of nitrogens with one attached hydrogen (secondary N) is 1. The fourth-order valence-electron chi connectivity index (χ4n) is 2.28. The minimum atomic E-state index is 0.682. The number of para-hydroxylation sites is 2. The van der Waals surface area contributed by atoms with Gasteiger partial charge in [0.05, 0.1) is 29.5 Å². The number of nitrogens with zero attached hydrogens (tertiary/aromatic N) is 2. The number of anilines is 1. The van der Waals surface area contributed by atoms with E-state index in [2.05, 4.69) is 47.3 Å². The highest BCUT2D eigenvalue weighted by atomic mass is 14.9. The molecule has 0 saturated heterocycles. The van der Waals surface area contributed by atoms with Crippen molar-refractivity contribution in [2.24, 2.45) is 0 Å². The lowest BCUT2D eigenvalue weighted by Crippen LogP contribution is -2.04. The Morgan fingerprint density at radius 2 is 1.80 bits per heavy atom. The molecule has 1 aromatic heterocycles. The van der Waals surface area contributed by atoms with Crippen molar-refractivity contribution in [2.75, 3.05) is 5.32 Å². The van der Waals surface area contributed by atoms with Gasteiger partial charge >= 0.3 is 0 Å². The van der Waals surface area contributed by atoms with Crippen molar-refractivity contribution in [3.63, 3.8) is 0 Å². The van der Waals surface area contributed by atoms with Crippen LogP contribution in [0.4, 0.5) is 5.69 Å². The summed E-state index contributed by atoms with van der Waals surface area (Å²) in [6.07, 6.45) is 1.83. The fraction of sp³-hybridized carbons (Fsp3) is 0.176. The van der Waals surface area contributed by atoms with E-state index in [1.54, 1.807) is 0 Å². The van der Waals surface area contributed by atoms with Crippen LogP contribution in [0.25, 0.3) is 11.0 Å². The van der Waals surface area contributed by atoms with Crippen molar-refractivity contribution in [1.82, 2.24) is 9.97 Å². The number of hydrogen-bond acceptors (Lipinski definition) is 3. The number of rotatable bonds is 3. The molecule has 3 nitrogen and oxygen atoms in total. The second kappa shape index (κ2) is 5.29. The van der Waals surface area contributed by atoms with E-state index in [9.17, 15) is 0 Å². The van der Waals surface area contributed by atoms with E-state index in [1.165, 1.54) is 11.1 Å². The molecule has 3 rings (SSSR count). The van der Waals surface area contributed by atoms with Crippen molar-refractivity contribution in [3.8, 4) is 0 Å². The summed E-state index contributed by atoms with van der Waals surface area (Å²) in [5.41, 5.74) is 6.49. The van der Waals surface area contributed by atoms with Gasteiger partial charge in [-0.3, -0.25) is 4.98 Å². The summed E-state index contributed by atoms with van der Waals surface area (Å²) in [5.74, 6) is 0. The van der Waals surface area contributed by atoms with Crippen LogP contribution in [0.5, 0.6) is 0 Å². The highest BCUT2D eigenvalue weighted by Crippen LogP contribution is 2.17. The van der Waals surface area contributed by atoms with Crippen LogP contribution in [-0.2, 0) is 6.54 Å². The lowest BCUT2D eigenvalue weighted by molar-refractivity contribution is 1.04. The van der Waals surface area contributed by atoms with E-state index >= 15 is 0 Å². The molecule has 0 bridgehead atoms. The van der Waals surface area contributed by atoms with E-state index in [1.807, 2.05) is 30.5 Å². The summed E-state index contributed by atoms with van der Waals surface area (Å²) < 4.78 is 0. The second-order valence-electron chi connectivity index (χ2n) is 5.02. The first-order chi connectivity index (χ1) is 9.72. The van der Waals surface area contributed by atoms with Crippen molar-refractivity contribution < 1.29 is 0 Å². The standard InChI is InChI=1S/C17H17N3/c1-12-7-8-15(13(2)9-12)18-10-14-11-19-16-5-3-4-6-17(16)20-14/h3-9,11,18H,10H2,1-2H3. The molecule has 0 spiro atoms.